The minimum atomic E-state index is -1.02. The molecule has 0 spiro atoms. The summed E-state index contributed by atoms with van der Waals surface area (Å²) in [6, 6.07) is 23.8. The number of hydrogen-bond donors (Lipinski definition) is 1. The predicted molar refractivity (Wildman–Crippen MR) is 117 cm³/mol. The van der Waals surface area contributed by atoms with Gasteiger partial charge in [0.25, 0.3) is 5.91 Å². The first-order chi connectivity index (χ1) is 15.0. The second-order valence-corrected chi connectivity index (χ2v) is 6.85. The Morgan fingerprint density at radius 3 is 1.87 bits per heavy atom. The fourth-order valence-corrected chi connectivity index (χ4v) is 3.24. The van der Waals surface area contributed by atoms with Crippen LogP contribution in [0.15, 0.2) is 78.9 Å². The number of carbonyl (C=O) groups is 2. The summed E-state index contributed by atoms with van der Waals surface area (Å²) in [6.07, 6.45) is -1.02. The van der Waals surface area contributed by atoms with Crippen LogP contribution >= 0.6 is 0 Å². The predicted octanol–water partition coefficient (Wildman–Crippen LogP) is 4.15. The molecule has 0 aliphatic rings. The van der Waals surface area contributed by atoms with E-state index in [1.165, 1.54) is 21.1 Å². The van der Waals surface area contributed by atoms with Crippen molar-refractivity contribution in [3.8, 4) is 11.5 Å². The molecule has 1 N–H and O–H groups in total. The van der Waals surface area contributed by atoms with Crippen molar-refractivity contribution in [3.05, 3.63) is 95.6 Å². The van der Waals surface area contributed by atoms with E-state index >= 15 is 0 Å². The minimum absolute atomic E-state index is 0.184. The number of methoxy groups -OCH3 is 2. The maximum absolute atomic E-state index is 12.9. The standard InChI is InChI=1S/C25H25NO5/c1-17(31-25(28)20-15-10-16-21(29-2)23(20)30-3)24(27)26-22(18-11-6-4-7-12-18)19-13-8-5-9-14-19/h4-17,22H,1-3H3,(H,26,27)/t17-/m1/s1. The first-order valence-electron chi connectivity index (χ1n) is 9.87. The van der Waals surface area contributed by atoms with Gasteiger partial charge in [0.1, 0.15) is 5.56 Å². The Bertz CT molecular complexity index is 981. The average Bonchev–Trinajstić information content (AvgIpc) is 2.82. The highest BCUT2D eigenvalue weighted by atomic mass is 16.6. The van der Waals surface area contributed by atoms with E-state index in [0.29, 0.717) is 5.75 Å². The SMILES string of the molecule is COc1cccc(C(=O)O[C@H](C)C(=O)NC(c2ccccc2)c2ccccc2)c1OC. The van der Waals surface area contributed by atoms with Crippen molar-refractivity contribution >= 4 is 11.9 Å². The molecule has 160 valence electrons. The van der Waals surface area contributed by atoms with E-state index in [0.717, 1.165) is 11.1 Å². The molecular weight excluding hydrogens is 394 g/mol. The Balaban J connectivity index is 1.77. The zero-order chi connectivity index (χ0) is 22.2. The van der Waals surface area contributed by atoms with Gasteiger partial charge < -0.3 is 19.5 Å². The highest BCUT2D eigenvalue weighted by molar-refractivity contribution is 5.95. The third kappa shape index (κ3) is 5.22. The lowest BCUT2D eigenvalue weighted by Crippen LogP contribution is -2.38. The number of amides is 1. The second-order valence-electron chi connectivity index (χ2n) is 6.85. The number of carbonyl (C=O) groups excluding carboxylic acids is 2. The molecule has 1 amide bonds. The van der Waals surface area contributed by atoms with Gasteiger partial charge in [-0.1, -0.05) is 66.7 Å². The van der Waals surface area contributed by atoms with E-state index < -0.39 is 18.0 Å². The summed E-state index contributed by atoms with van der Waals surface area (Å²) in [5, 5.41) is 2.99. The van der Waals surface area contributed by atoms with Crippen LogP contribution in [-0.4, -0.2) is 32.2 Å². The summed E-state index contributed by atoms with van der Waals surface area (Å²) in [5.74, 6) is -0.418. The molecule has 0 unspecified atom stereocenters. The Kier molecular flexibility index (Phi) is 7.27. The van der Waals surface area contributed by atoms with E-state index in [4.69, 9.17) is 14.2 Å². The molecular formula is C25H25NO5. The van der Waals surface area contributed by atoms with E-state index in [-0.39, 0.29) is 17.4 Å². The summed E-state index contributed by atoms with van der Waals surface area (Å²) < 4.78 is 15.9. The van der Waals surface area contributed by atoms with Gasteiger partial charge in [0.2, 0.25) is 0 Å². The molecule has 0 aromatic heterocycles. The van der Waals surface area contributed by atoms with E-state index in [9.17, 15) is 9.59 Å². The average molecular weight is 419 g/mol. The largest absolute Gasteiger partial charge is 0.493 e. The number of ether oxygens (including phenoxy) is 3. The molecule has 6 nitrogen and oxygen atoms in total. The van der Waals surface area contributed by atoms with Gasteiger partial charge in [0, 0.05) is 0 Å². The molecule has 3 aromatic rings. The fraction of sp³-hybridized carbons (Fsp3) is 0.200. The van der Waals surface area contributed by atoms with E-state index in [2.05, 4.69) is 5.32 Å². The van der Waals surface area contributed by atoms with Gasteiger partial charge in [-0.25, -0.2) is 4.79 Å². The van der Waals surface area contributed by atoms with Crippen LogP contribution in [0.1, 0.15) is 34.5 Å². The highest BCUT2D eigenvalue weighted by Crippen LogP contribution is 2.31. The zero-order valence-electron chi connectivity index (χ0n) is 17.7. The molecule has 0 fully saturated rings. The van der Waals surface area contributed by atoms with Gasteiger partial charge >= 0.3 is 5.97 Å². The summed E-state index contributed by atoms with van der Waals surface area (Å²) in [5.41, 5.74) is 2.04. The Labute approximate surface area is 181 Å². The minimum Gasteiger partial charge on any atom is -0.493 e. The fourth-order valence-electron chi connectivity index (χ4n) is 3.24. The summed E-state index contributed by atoms with van der Waals surface area (Å²) >= 11 is 0. The van der Waals surface area contributed by atoms with Crippen molar-refractivity contribution in [2.24, 2.45) is 0 Å². The topological polar surface area (TPSA) is 73.9 Å². The second kappa shape index (κ2) is 10.3. The molecule has 0 aliphatic carbocycles. The van der Waals surface area contributed by atoms with Gasteiger partial charge in [-0.3, -0.25) is 4.79 Å². The molecule has 0 bridgehead atoms. The van der Waals surface area contributed by atoms with Crippen molar-refractivity contribution in [3.63, 3.8) is 0 Å². The van der Waals surface area contributed by atoms with Crippen molar-refractivity contribution in [1.82, 2.24) is 5.32 Å². The summed E-state index contributed by atoms with van der Waals surface area (Å²) in [7, 11) is 2.92. The Morgan fingerprint density at radius 2 is 1.35 bits per heavy atom. The Hall–Kier alpha value is -3.80. The van der Waals surface area contributed by atoms with Gasteiger partial charge in [0.05, 0.1) is 20.3 Å². The van der Waals surface area contributed by atoms with Crippen molar-refractivity contribution in [1.29, 1.82) is 0 Å². The number of benzene rings is 3. The molecule has 3 rings (SSSR count). The molecule has 3 aromatic carbocycles. The van der Waals surface area contributed by atoms with Crippen LogP contribution in [0.2, 0.25) is 0 Å². The number of para-hydroxylation sites is 1. The van der Waals surface area contributed by atoms with E-state index in [1.807, 2.05) is 60.7 Å². The smallest absolute Gasteiger partial charge is 0.342 e. The molecule has 0 saturated carbocycles. The number of rotatable bonds is 8. The zero-order valence-corrected chi connectivity index (χ0v) is 17.7. The monoisotopic (exact) mass is 419 g/mol. The lowest BCUT2D eigenvalue weighted by Gasteiger charge is -2.22. The van der Waals surface area contributed by atoms with Crippen LogP contribution in [0.25, 0.3) is 0 Å². The first kappa shape index (κ1) is 21.9. The van der Waals surface area contributed by atoms with Gasteiger partial charge in [-0.05, 0) is 30.2 Å². The summed E-state index contributed by atoms with van der Waals surface area (Å²) in [6.45, 7) is 1.53. The molecule has 31 heavy (non-hydrogen) atoms. The van der Waals surface area contributed by atoms with Crippen LogP contribution in [0, 0.1) is 0 Å². The molecule has 0 aliphatic heterocycles. The van der Waals surface area contributed by atoms with Gasteiger partial charge in [-0.15, -0.1) is 0 Å². The molecule has 1 atom stereocenters. The molecule has 0 heterocycles. The van der Waals surface area contributed by atoms with Crippen LogP contribution in [0.4, 0.5) is 0 Å². The van der Waals surface area contributed by atoms with Crippen molar-refractivity contribution in [2.75, 3.05) is 14.2 Å². The highest BCUT2D eigenvalue weighted by Gasteiger charge is 2.25. The maximum Gasteiger partial charge on any atom is 0.342 e. The third-order valence-electron chi connectivity index (χ3n) is 4.83. The Morgan fingerprint density at radius 1 is 0.774 bits per heavy atom. The number of hydrogen-bond acceptors (Lipinski definition) is 5. The third-order valence-corrected chi connectivity index (χ3v) is 4.83. The van der Waals surface area contributed by atoms with Crippen molar-refractivity contribution < 1.29 is 23.8 Å². The van der Waals surface area contributed by atoms with Crippen LogP contribution < -0.4 is 14.8 Å². The molecule has 0 saturated heterocycles. The normalized spacial score (nSPS) is 11.5. The number of esters is 1. The van der Waals surface area contributed by atoms with Crippen LogP contribution in [0.3, 0.4) is 0 Å². The van der Waals surface area contributed by atoms with Gasteiger partial charge in [0.15, 0.2) is 17.6 Å². The quantitative estimate of drug-likeness (QED) is 0.555. The van der Waals surface area contributed by atoms with Gasteiger partial charge in [-0.2, -0.15) is 0 Å². The lowest BCUT2D eigenvalue weighted by molar-refractivity contribution is -0.129. The molecule has 0 radical (unpaired) electrons. The van der Waals surface area contributed by atoms with E-state index in [1.54, 1.807) is 18.2 Å². The summed E-state index contributed by atoms with van der Waals surface area (Å²) in [4.78, 5) is 25.6. The van der Waals surface area contributed by atoms with Crippen LogP contribution in [-0.2, 0) is 9.53 Å². The maximum atomic E-state index is 12.9. The lowest BCUT2D eigenvalue weighted by atomic mass is 9.98. The van der Waals surface area contributed by atoms with Crippen molar-refractivity contribution in [2.45, 2.75) is 19.1 Å². The first-order valence-corrected chi connectivity index (χ1v) is 9.87. The number of nitrogens with one attached hydrogen (secondary N) is 1. The molecule has 6 heteroatoms. The van der Waals surface area contributed by atoms with Crippen LogP contribution in [0.5, 0.6) is 11.5 Å².